The predicted molar refractivity (Wildman–Crippen MR) is 81.4 cm³/mol. The fraction of sp³-hybridized carbons (Fsp3) is 0.278. The molecule has 1 saturated carbocycles. The monoisotopic (exact) mass is 317 g/mol. The second-order valence-corrected chi connectivity index (χ2v) is 5.77. The Morgan fingerprint density at radius 1 is 1.17 bits per heavy atom. The Balaban J connectivity index is 1.58. The summed E-state index contributed by atoms with van der Waals surface area (Å²) < 4.78 is 27.0. The van der Waals surface area contributed by atoms with Crippen LogP contribution < -0.4 is 5.32 Å². The molecule has 3 nitrogen and oxygen atoms in total. The van der Waals surface area contributed by atoms with Crippen molar-refractivity contribution in [2.45, 2.75) is 25.5 Å². The van der Waals surface area contributed by atoms with Crippen molar-refractivity contribution in [2.75, 3.05) is 0 Å². The maximum absolute atomic E-state index is 13.7. The van der Waals surface area contributed by atoms with E-state index in [1.54, 1.807) is 24.3 Å². The Labute approximate surface area is 133 Å². The number of amides is 1. The first-order valence-corrected chi connectivity index (χ1v) is 7.50. The van der Waals surface area contributed by atoms with Gasteiger partial charge in [0.25, 0.3) is 0 Å². The lowest BCUT2D eigenvalue weighted by molar-refractivity contribution is -0.122. The highest BCUT2D eigenvalue weighted by Crippen LogP contribution is 2.48. The first-order valence-electron chi connectivity index (χ1n) is 7.50. The fourth-order valence-electron chi connectivity index (χ4n) is 2.78. The molecule has 0 heterocycles. The van der Waals surface area contributed by atoms with Crippen molar-refractivity contribution in [1.82, 2.24) is 5.32 Å². The number of carbonyl (C=O) groups excluding carboxylic acids is 1. The van der Waals surface area contributed by atoms with Crippen LogP contribution in [0.3, 0.4) is 0 Å². The summed E-state index contributed by atoms with van der Waals surface area (Å²) in [6, 6.07) is 10.9. The van der Waals surface area contributed by atoms with Crippen LogP contribution in [0.5, 0.6) is 0 Å². The topological polar surface area (TPSA) is 49.3 Å². The highest BCUT2D eigenvalue weighted by molar-refractivity contribution is 5.82. The fourth-order valence-corrected chi connectivity index (χ4v) is 2.78. The number of hydrogen-bond donors (Lipinski definition) is 2. The molecular weight excluding hydrogens is 300 g/mol. The van der Waals surface area contributed by atoms with Gasteiger partial charge in [0.15, 0.2) is 0 Å². The lowest BCUT2D eigenvalue weighted by Crippen LogP contribution is -2.25. The maximum Gasteiger partial charge on any atom is 0.224 e. The van der Waals surface area contributed by atoms with Crippen molar-refractivity contribution in [1.29, 1.82) is 0 Å². The van der Waals surface area contributed by atoms with E-state index in [0.717, 1.165) is 0 Å². The molecule has 2 N–H and O–H groups in total. The van der Waals surface area contributed by atoms with Gasteiger partial charge in [-0.3, -0.25) is 4.79 Å². The number of aliphatic hydroxyl groups is 1. The van der Waals surface area contributed by atoms with Crippen LogP contribution in [0.4, 0.5) is 8.78 Å². The van der Waals surface area contributed by atoms with E-state index in [4.69, 9.17) is 5.11 Å². The summed E-state index contributed by atoms with van der Waals surface area (Å²) in [5.41, 5.74) is 1.50. The second kappa shape index (κ2) is 6.46. The van der Waals surface area contributed by atoms with Gasteiger partial charge in [-0.2, -0.15) is 0 Å². The van der Waals surface area contributed by atoms with Gasteiger partial charge in [0, 0.05) is 18.0 Å². The summed E-state index contributed by atoms with van der Waals surface area (Å²) >= 11 is 0. The number of benzene rings is 2. The normalized spacial score (nSPS) is 19.4. The Morgan fingerprint density at radius 2 is 1.96 bits per heavy atom. The zero-order chi connectivity index (χ0) is 16.4. The van der Waals surface area contributed by atoms with Gasteiger partial charge in [-0.25, -0.2) is 8.78 Å². The van der Waals surface area contributed by atoms with Crippen molar-refractivity contribution in [2.24, 2.45) is 5.92 Å². The molecule has 120 valence electrons. The zero-order valence-electron chi connectivity index (χ0n) is 12.4. The summed E-state index contributed by atoms with van der Waals surface area (Å²) in [4.78, 5) is 12.1. The molecule has 0 saturated heterocycles. The van der Waals surface area contributed by atoms with Crippen LogP contribution in [0.15, 0.2) is 42.5 Å². The van der Waals surface area contributed by atoms with Gasteiger partial charge in [-0.15, -0.1) is 0 Å². The zero-order valence-corrected chi connectivity index (χ0v) is 12.4. The van der Waals surface area contributed by atoms with Gasteiger partial charge in [-0.05, 0) is 41.7 Å². The Kier molecular flexibility index (Phi) is 4.39. The van der Waals surface area contributed by atoms with Crippen molar-refractivity contribution in [3.63, 3.8) is 0 Å². The first-order chi connectivity index (χ1) is 11.1. The highest BCUT2D eigenvalue weighted by Gasteiger charge is 2.44. The quantitative estimate of drug-likeness (QED) is 0.891. The van der Waals surface area contributed by atoms with Crippen LogP contribution in [0.1, 0.15) is 29.0 Å². The Morgan fingerprint density at radius 3 is 2.70 bits per heavy atom. The molecule has 0 aromatic heterocycles. The van der Waals surface area contributed by atoms with E-state index in [-0.39, 0.29) is 42.3 Å². The minimum Gasteiger partial charge on any atom is -0.392 e. The molecular formula is C18H17F2NO2. The second-order valence-electron chi connectivity index (χ2n) is 5.77. The van der Waals surface area contributed by atoms with E-state index in [9.17, 15) is 13.6 Å². The molecule has 23 heavy (non-hydrogen) atoms. The molecule has 1 fully saturated rings. The molecule has 2 aromatic carbocycles. The summed E-state index contributed by atoms with van der Waals surface area (Å²) in [6.07, 6.45) is 0.637. The minimum atomic E-state index is -0.468. The van der Waals surface area contributed by atoms with Crippen LogP contribution in [-0.2, 0) is 17.9 Å². The highest BCUT2D eigenvalue weighted by atomic mass is 19.1. The third-order valence-corrected chi connectivity index (χ3v) is 4.18. The van der Waals surface area contributed by atoms with Gasteiger partial charge in [-0.1, -0.05) is 24.3 Å². The largest absolute Gasteiger partial charge is 0.392 e. The molecule has 2 unspecified atom stereocenters. The van der Waals surface area contributed by atoms with E-state index in [1.165, 1.54) is 18.2 Å². The summed E-state index contributed by atoms with van der Waals surface area (Å²) in [5, 5.41) is 11.8. The van der Waals surface area contributed by atoms with Crippen molar-refractivity contribution < 1.29 is 18.7 Å². The van der Waals surface area contributed by atoms with Crippen LogP contribution >= 0.6 is 0 Å². The van der Waals surface area contributed by atoms with Gasteiger partial charge >= 0.3 is 0 Å². The van der Waals surface area contributed by atoms with E-state index in [1.807, 2.05) is 0 Å². The van der Waals surface area contributed by atoms with Gasteiger partial charge in [0.1, 0.15) is 11.6 Å². The minimum absolute atomic E-state index is 0.0718. The molecule has 1 amide bonds. The number of aliphatic hydroxyl groups excluding tert-OH is 1. The van der Waals surface area contributed by atoms with Crippen LogP contribution in [-0.4, -0.2) is 11.0 Å². The summed E-state index contributed by atoms with van der Waals surface area (Å²) in [7, 11) is 0. The number of halogens is 2. The molecule has 5 heteroatoms. The van der Waals surface area contributed by atoms with Crippen LogP contribution in [0.2, 0.25) is 0 Å². The molecule has 3 rings (SSSR count). The standard InChI is InChI=1S/C18H17F2NO2/c19-16-6-5-11(7-12(16)10-22)9-21-18(23)15-8-14(15)13-3-1-2-4-17(13)20/h1-7,14-15,22H,8-10H2,(H,21,23). The lowest BCUT2D eigenvalue weighted by Gasteiger charge is -2.07. The van der Waals surface area contributed by atoms with Gasteiger partial charge < -0.3 is 10.4 Å². The SMILES string of the molecule is O=C(NCc1ccc(F)c(CO)c1)C1CC1c1ccccc1F. The van der Waals surface area contributed by atoms with Crippen molar-refractivity contribution >= 4 is 5.91 Å². The molecule has 0 spiro atoms. The average molecular weight is 317 g/mol. The molecule has 1 aliphatic rings. The Hall–Kier alpha value is -2.27. The van der Waals surface area contributed by atoms with E-state index < -0.39 is 5.82 Å². The third kappa shape index (κ3) is 3.40. The molecule has 0 radical (unpaired) electrons. The van der Waals surface area contributed by atoms with Crippen molar-refractivity contribution in [3.8, 4) is 0 Å². The maximum atomic E-state index is 13.7. The molecule has 1 aliphatic carbocycles. The van der Waals surface area contributed by atoms with E-state index >= 15 is 0 Å². The van der Waals surface area contributed by atoms with Gasteiger partial charge in [0.05, 0.1) is 6.61 Å². The predicted octanol–water partition coefficient (Wildman–Crippen LogP) is 2.88. The van der Waals surface area contributed by atoms with E-state index in [2.05, 4.69) is 5.32 Å². The van der Waals surface area contributed by atoms with Crippen LogP contribution in [0, 0.1) is 17.6 Å². The van der Waals surface area contributed by atoms with Crippen LogP contribution in [0.25, 0.3) is 0 Å². The molecule has 2 aromatic rings. The first kappa shape index (κ1) is 15.6. The number of nitrogens with one attached hydrogen (secondary N) is 1. The average Bonchev–Trinajstić information content (AvgIpc) is 3.34. The lowest BCUT2D eigenvalue weighted by atomic mass is 10.1. The smallest absolute Gasteiger partial charge is 0.224 e. The summed E-state index contributed by atoms with van der Waals surface area (Å²) in [6.45, 7) is -0.127. The Bertz CT molecular complexity index is 733. The number of carbonyl (C=O) groups is 1. The number of rotatable bonds is 5. The van der Waals surface area contributed by atoms with Gasteiger partial charge in [0.2, 0.25) is 5.91 Å². The summed E-state index contributed by atoms with van der Waals surface area (Å²) in [5.74, 6) is -1.17. The molecule has 0 bridgehead atoms. The molecule has 2 atom stereocenters. The number of hydrogen-bond acceptors (Lipinski definition) is 2. The van der Waals surface area contributed by atoms with Crippen molar-refractivity contribution in [3.05, 3.63) is 70.8 Å². The molecule has 0 aliphatic heterocycles. The van der Waals surface area contributed by atoms with E-state index in [0.29, 0.717) is 17.5 Å². The third-order valence-electron chi connectivity index (χ3n) is 4.18.